The zero-order chi connectivity index (χ0) is 27.8. The predicted molar refractivity (Wildman–Crippen MR) is 157 cm³/mol. The quantitative estimate of drug-likeness (QED) is 0.401. The van der Waals surface area contributed by atoms with Crippen molar-refractivity contribution in [1.29, 1.82) is 0 Å². The average molecular weight is 527 g/mol. The summed E-state index contributed by atoms with van der Waals surface area (Å²) in [5.41, 5.74) is 8.21. The molecule has 4 heterocycles. The van der Waals surface area contributed by atoms with Crippen molar-refractivity contribution in [1.82, 2.24) is 23.9 Å². The number of likely N-dealkylation sites (tertiary alicyclic amines) is 1. The zero-order valence-corrected chi connectivity index (χ0v) is 23.8. The van der Waals surface area contributed by atoms with Crippen LogP contribution >= 0.6 is 0 Å². The lowest BCUT2D eigenvalue weighted by atomic mass is 9.83. The van der Waals surface area contributed by atoms with Gasteiger partial charge in [0.1, 0.15) is 5.65 Å². The van der Waals surface area contributed by atoms with Gasteiger partial charge in [-0.2, -0.15) is 0 Å². The molecule has 1 fully saturated rings. The molecule has 8 heteroatoms. The number of aryl methyl sites for hydroxylation is 3. The Bertz CT molecular complexity index is 1570. The number of aromatic nitrogens is 3. The molecule has 39 heavy (non-hydrogen) atoms. The molecule has 1 amide bonds. The summed E-state index contributed by atoms with van der Waals surface area (Å²) in [6.45, 7) is 7.13. The number of benzene rings is 1. The Hall–Kier alpha value is -3.91. The number of pyridine rings is 2. The summed E-state index contributed by atoms with van der Waals surface area (Å²) in [4.78, 5) is 34.1. The van der Waals surface area contributed by atoms with Gasteiger partial charge < -0.3 is 14.8 Å². The first-order valence-electron chi connectivity index (χ1n) is 13.6. The van der Waals surface area contributed by atoms with Crippen molar-refractivity contribution in [2.45, 2.75) is 39.2 Å². The van der Waals surface area contributed by atoms with Crippen molar-refractivity contribution in [3.05, 3.63) is 87.1 Å². The third-order valence-electron chi connectivity index (χ3n) is 8.10. The van der Waals surface area contributed by atoms with Crippen LogP contribution < -0.4 is 10.9 Å². The highest BCUT2D eigenvalue weighted by atomic mass is 16.2. The number of piperidine rings is 1. The molecule has 1 aliphatic heterocycles. The van der Waals surface area contributed by atoms with Crippen molar-refractivity contribution in [2.75, 3.05) is 39.5 Å². The zero-order valence-electron chi connectivity index (χ0n) is 23.8. The monoisotopic (exact) mass is 526 g/mol. The van der Waals surface area contributed by atoms with E-state index in [1.54, 1.807) is 35.8 Å². The molecular weight excluding hydrogens is 488 g/mol. The minimum Gasteiger partial charge on any atom is -0.388 e. The van der Waals surface area contributed by atoms with Gasteiger partial charge in [-0.3, -0.25) is 19.1 Å². The molecule has 0 saturated carbocycles. The Kier molecular flexibility index (Phi) is 7.32. The SMILES string of the molecule is CNc1ccn(-c2ccnc3c2cc(CN2CCC(c4c(C)cc(C(=O)N(C)C)cc4C)CC2)n3C)c(=O)c1. The van der Waals surface area contributed by atoms with Crippen molar-refractivity contribution < 1.29 is 4.79 Å². The van der Waals surface area contributed by atoms with Gasteiger partial charge in [-0.15, -0.1) is 0 Å². The number of nitrogens with one attached hydrogen (secondary N) is 1. The highest BCUT2D eigenvalue weighted by Gasteiger charge is 2.25. The summed E-state index contributed by atoms with van der Waals surface area (Å²) >= 11 is 0. The Morgan fingerprint density at radius 2 is 1.77 bits per heavy atom. The topological polar surface area (TPSA) is 75.4 Å². The molecule has 0 spiro atoms. The van der Waals surface area contributed by atoms with E-state index >= 15 is 0 Å². The van der Waals surface area contributed by atoms with E-state index in [2.05, 4.69) is 58.9 Å². The molecular formula is C31H38N6O2. The largest absolute Gasteiger partial charge is 0.388 e. The van der Waals surface area contributed by atoms with E-state index in [9.17, 15) is 9.59 Å². The number of hydrogen-bond acceptors (Lipinski definition) is 5. The van der Waals surface area contributed by atoms with Crippen LogP contribution in [0.25, 0.3) is 16.7 Å². The molecule has 0 bridgehead atoms. The second kappa shape index (κ2) is 10.7. The Labute approximate surface area is 229 Å². The molecule has 4 aromatic rings. The van der Waals surface area contributed by atoms with Gasteiger partial charge in [0.05, 0.1) is 5.69 Å². The van der Waals surface area contributed by atoms with E-state index in [-0.39, 0.29) is 11.5 Å². The summed E-state index contributed by atoms with van der Waals surface area (Å²) in [6, 6.07) is 11.7. The highest BCUT2D eigenvalue weighted by Crippen LogP contribution is 2.34. The highest BCUT2D eigenvalue weighted by molar-refractivity contribution is 5.94. The molecule has 1 saturated heterocycles. The number of rotatable bonds is 6. The van der Waals surface area contributed by atoms with Crippen molar-refractivity contribution in [3.8, 4) is 5.69 Å². The van der Waals surface area contributed by atoms with E-state index in [4.69, 9.17) is 0 Å². The molecule has 1 aliphatic rings. The van der Waals surface area contributed by atoms with Gasteiger partial charge in [0.25, 0.3) is 11.5 Å². The molecule has 8 nitrogen and oxygen atoms in total. The van der Waals surface area contributed by atoms with E-state index in [0.29, 0.717) is 5.92 Å². The normalized spacial score (nSPS) is 14.6. The van der Waals surface area contributed by atoms with E-state index < -0.39 is 0 Å². The molecule has 0 aliphatic carbocycles. The van der Waals surface area contributed by atoms with Crippen LogP contribution in [0.5, 0.6) is 0 Å². The molecule has 1 aromatic carbocycles. The Morgan fingerprint density at radius 3 is 2.38 bits per heavy atom. The van der Waals surface area contributed by atoms with Crippen LogP contribution in [0, 0.1) is 13.8 Å². The Balaban J connectivity index is 1.34. The Morgan fingerprint density at radius 1 is 1.08 bits per heavy atom. The molecule has 3 aromatic heterocycles. The molecule has 0 radical (unpaired) electrons. The number of hydrogen-bond donors (Lipinski definition) is 1. The number of nitrogens with zero attached hydrogens (tertiary/aromatic N) is 5. The lowest BCUT2D eigenvalue weighted by Gasteiger charge is -2.33. The van der Waals surface area contributed by atoms with Gasteiger partial charge in [0.15, 0.2) is 0 Å². The van der Waals surface area contributed by atoms with Crippen LogP contribution in [-0.4, -0.2) is 64.1 Å². The van der Waals surface area contributed by atoms with Gasteiger partial charge in [0.2, 0.25) is 0 Å². The molecule has 5 rings (SSSR count). The lowest BCUT2D eigenvalue weighted by Crippen LogP contribution is -2.33. The van der Waals surface area contributed by atoms with Crippen LogP contribution in [-0.2, 0) is 13.6 Å². The maximum atomic E-state index is 12.8. The number of carbonyl (C=O) groups is 1. The van der Waals surface area contributed by atoms with Crippen molar-refractivity contribution in [3.63, 3.8) is 0 Å². The van der Waals surface area contributed by atoms with Crippen LogP contribution in [0.2, 0.25) is 0 Å². The molecule has 204 valence electrons. The minimum atomic E-state index is -0.0773. The van der Waals surface area contributed by atoms with Crippen LogP contribution in [0.15, 0.2) is 53.6 Å². The standard InChI is InChI=1S/C31H38N6O2/c1-20-15-23(31(39)34(4)5)16-21(2)29(20)22-8-12-36(13-9-22)19-25-18-26-27(7-11-33-30(26)35(25)6)37-14-10-24(32-3)17-28(37)38/h7,10-11,14-18,22,32H,8-9,12-13,19H2,1-6H3. The van der Waals surface area contributed by atoms with E-state index in [1.807, 2.05) is 25.4 Å². The average Bonchev–Trinajstić information content (AvgIpc) is 3.23. The minimum absolute atomic E-state index is 0.0510. The van der Waals surface area contributed by atoms with Crippen LogP contribution in [0.4, 0.5) is 5.69 Å². The summed E-state index contributed by atoms with van der Waals surface area (Å²) in [7, 11) is 7.45. The van der Waals surface area contributed by atoms with Crippen LogP contribution in [0.1, 0.15) is 51.5 Å². The van der Waals surface area contributed by atoms with Gasteiger partial charge in [-0.25, -0.2) is 4.98 Å². The third kappa shape index (κ3) is 5.08. The fourth-order valence-corrected chi connectivity index (χ4v) is 6.06. The van der Waals surface area contributed by atoms with Gasteiger partial charge in [-0.05, 0) is 92.7 Å². The van der Waals surface area contributed by atoms with Gasteiger partial charge >= 0.3 is 0 Å². The van der Waals surface area contributed by atoms with Crippen LogP contribution in [0.3, 0.4) is 0 Å². The van der Waals surface area contributed by atoms with Crippen molar-refractivity contribution in [2.24, 2.45) is 7.05 Å². The summed E-state index contributed by atoms with van der Waals surface area (Å²) in [6.07, 6.45) is 5.76. The number of anilines is 1. The van der Waals surface area contributed by atoms with Crippen molar-refractivity contribution >= 4 is 22.6 Å². The lowest BCUT2D eigenvalue weighted by molar-refractivity contribution is 0.0827. The van der Waals surface area contributed by atoms with E-state index in [1.165, 1.54) is 22.4 Å². The fourth-order valence-electron chi connectivity index (χ4n) is 6.06. The molecule has 0 unspecified atom stereocenters. The third-order valence-corrected chi connectivity index (χ3v) is 8.10. The second-order valence-corrected chi connectivity index (χ2v) is 10.9. The van der Waals surface area contributed by atoms with Gasteiger partial charge in [-0.1, -0.05) is 0 Å². The smallest absolute Gasteiger partial charge is 0.257 e. The maximum Gasteiger partial charge on any atom is 0.257 e. The number of amides is 1. The first kappa shape index (κ1) is 26.7. The maximum absolute atomic E-state index is 12.8. The number of carbonyl (C=O) groups excluding carboxylic acids is 1. The van der Waals surface area contributed by atoms with E-state index in [0.717, 1.165) is 60.4 Å². The first-order valence-corrected chi connectivity index (χ1v) is 13.6. The number of fused-ring (bicyclic) bond motifs is 1. The second-order valence-electron chi connectivity index (χ2n) is 10.9. The summed E-state index contributed by atoms with van der Waals surface area (Å²) < 4.78 is 3.83. The summed E-state index contributed by atoms with van der Waals surface area (Å²) in [5, 5.41) is 4.00. The molecule has 1 N–H and O–H groups in total. The fraction of sp³-hybridized carbons (Fsp3) is 0.387. The summed E-state index contributed by atoms with van der Waals surface area (Å²) in [5.74, 6) is 0.549. The van der Waals surface area contributed by atoms with Gasteiger partial charge in [0, 0.05) is 75.5 Å². The molecule has 0 atom stereocenters. The first-order chi connectivity index (χ1) is 18.7. The predicted octanol–water partition coefficient (Wildman–Crippen LogP) is 4.46.